The summed E-state index contributed by atoms with van der Waals surface area (Å²) in [5.74, 6) is 0.142. The Morgan fingerprint density at radius 3 is 2.24 bits per heavy atom. The van der Waals surface area contributed by atoms with E-state index >= 15 is 0 Å². The first-order valence-corrected chi connectivity index (χ1v) is 10.1. The molecule has 0 aliphatic heterocycles. The molecule has 0 amide bonds. The number of hydrogen-bond donors (Lipinski definition) is 2. The summed E-state index contributed by atoms with van der Waals surface area (Å²) in [6, 6.07) is 28.6. The number of benzene rings is 4. The molecule has 0 fully saturated rings. The maximum Gasteiger partial charge on any atom is 0.339 e. The van der Waals surface area contributed by atoms with E-state index in [0.29, 0.717) is 22.8 Å². The summed E-state index contributed by atoms with van der Waals surface area (Å²) in [4.78, 5) is 11.2. The highest BCUT2D eigenvalue weighted by molar-refractivity contribution is 5.91. The van der Waals surface area contributed by atoms with E-state index in [4.69, 9.17) is 19.8 Å². The smallest absolute Gasteiger partial charge is 0.339 e. The Hall–Kier alpha value is -4.76. The molecule has 2 N–H and O–H groups in total. The zero-order valence-corrected chi connectivity index (χ0v) is 17.4. The molecular weight excluding hydrogens is 418 g/mol. The molecule has 0 saturated heterocycles. The monoisotopic (exact) mass is 437 g/mol. The van der Waals surface area contributed by atoms with Crippen LogP contribution in [-0.4, -0.2) is 16.2 Å². The number of carboxylic acid groups (broad SMARTS) is 1. The fourth-order valence-electron chi connectivity index (χ4n) is 3.26. The van der Waals surface area contributed by atoms with E-state index in [2.05, 4.69) is 6.07 Å². The molecule has 4 aromatic carbocycles. The van der Waals surface area contributed by atoms with Crippen LogP contribution < -0.4 is 9.47 Å². The lowest BCUT2D eigenvalue weighted by Gasteiger charge is -2.11. The van der Waals surface area contributed by atoms with Crippen LogP contribution in [0, 0.1) is 11.3 Å². The van der Waals surface area contributed by atoms with E-state index in [1.54, 1.807) is 24.3 Å². The van der Waals surface area contributed by atoms with Crippen LogP contribution in [-0.2, 0) is 6.61 Å². The number of carboxylic acids is 1. The largest absolute Gasteiger partial charge is 0.507 e. The van der Waals surface area contributed by atoms with Crippen molar-refractivity contribution in [2.45, 2.75) is 6.61 Å². The van der Waals surface area contributed by atoms with Crippen LogP contribution in [0.2, 0.25) is 0 Å². The molecule has 4 aromatic rings. The highest BCUT2D eigenvalue weighted by atomic mass is 16.5. The Kier molecular flexibility index (Phi) is 6.24. The number of carbonyl (C=O) groups is 1. The third kappa shape index (κ3) is 5.30. The first kappa shape index (κ1) is 21.5. The second kappa shape index (κ2) is 9.58. The predicted molar refractivity (Wildman–Crippen MR) is 123 cm³/mol. The van der Waals surface area contributed by atoms with Gasteiger partial charge in [-0.1, -0.05) is 30.3 Å². The molecule has 0 spiro atoms. The lowest BCUT2D eigenvalue weighted by Crippen LogP contribution is -2.00. The van der Waals surface area contributed by atoms with Gasteiger partial charge in [-0.05, 0) is 77.4 Å². The van der Waals surface area contributed by atoms with Crippen molar-refractivity contribution in [2.24, 2.45) is 0 Å². The molecule has 6 heteroatoms. The molecule has 0 unspecified atom stereocenters. The SMILES string of the molecule is N#Cc1ccc(Oc2cccc(-c3cccc(COc4ccc(O)c(C(=O)O)c4)c3)c2)cc1. The number of nitrogens with zero attached hydrogens (tertiary/aromatic N) is 1. The molecule has 0 aromatic heterocycles. The predicted octanol–water partition coefficient (Wildman–Crippen LogP) is 6.00. The van der Waals surface area contributed by atoms with Crippen LogP contribution in [0.15, 0.2) is 91.0 Å². The summed E-state index contributed by atoms with van der Waals surface area (Å²) in [5.41, 5.74) is 3.19. The van der Waals surface area contributed by atoms with Gasteiger partial charge >= 0.3 is 5.97 Å². The van der Waals surface area contributed by atoms with E-state index in [9.17, 15) is 9.90 Å². The lowest BCUT2D eigenvalue weighted by molar-refractivity contribution is 0.0693. The summed E-state index contributed by atoms with van der Waals surface area (Å²) in [5, 5.41) is 27.7. The first-order valence-electron chi connectivity index (χ1n) is 10.1. The maximum absolute atomic E-state index is 11.2. The maximum atomic E-state index is 11.2. The quantitative estimate of drug-likeness (QED) is 0.368. The van der Waals surface area contributed by atoms with Crippen molar-refractivity contribution in [1.82, 2.24) is 0 Å². The zero-order chi connectivity index (χ0) is 23.2. The molecule has 4 rings (SSSR count). The van der Waals surface area contributed by atoms with E-state index in [1.807, 2.05) is 48.5 Å². The van der Waals surface area contributed by atoms with Crippen LogP contribution in [0.1, 0.15) is 21.5 Å². The minimum absolute atomic E-state index is 0.208. The van der Waals surface area contributed by atoms with E-state index in [1.165, 1.54) is 18.2 Å². The van der Waals surface area contributed by atoms with Gasteiger partial charge in [0.15, 0.2) is 0 Å². The van der Waals surface area contributed by atoms with Gasteiger partial charge < -0.3 is 19.7 Å². The molecule has 0 atom stereocenters. The van der Waals surface area contributed by atoms with E-state index < -0.39 is 5.97 Å². The van der Waals surface area contributed by atoms with Crippen LogP contribution in [0.25, 0.3) is 11.1 Å². The van der Waals surface area contributed by atoms with Crippen molar-refractivity contribution in [3.05, 3.63) is 108 Å². The van der Waals surface area contributed by atoms with Crippen molar-refractivity contribution < 1.29 is 24.5 Å². The lowest BCUT2D eigenvalue weighted by atomic mass is 10.0. The highest BCUT2D eigenvalue weighted by Crippen LogP contribution is 2.29. The minimum Gasteiger partial charge on any atom is -0.507 e. The normalized spacial score (nSPS) is 10.3. The van der Waals surface area contributed by atoms with Crippen molar-refractivity contribution >= 4 is 5.97 Å². The van der Waals surface area contributed by atoms with Gasteiger partial charge in [-0.2, -0.15) is 5.26 Å². The third-order valence-corrected chi connectivity index (χ3v) is 4.92. The minimum atomic E-state index is -1.22. The van der Waals surface area contributed by atoms with Crippen molar-refractivity contribution in [1.29, 1.82) is 5.26 Å². The van der Waals surface area contributed by atoms with Gasteiger partial charge in [0.05, 0.1) is 11.6 Å². The Morgan fingerprint density at radius 1 is 0.818 bits per heavy atom. The molecule has 0 bridgehead atoms. The number of phenols is 1. The zero-order valence-electron chi connectivity index (χ0n) is 17.4. The molecule has 6 nitrogen and oxygen atoms in total. The van der Waals surface area contributed by atoms with E-state index in [0.717, 1.165) is 16.7 Å². The van der Waals surface area contributed by atoms with Crippen LogP contribution >= 0.6 is 0 Å². The summed E-state index contributed by atoms with van der Waals surface area (Å²) < 4.78 is 11.6. The Bertz CT molecular complexity index is 1340. The van der Waals surface area contributed by atoms with Crippen LogP contribution in [0.3, 0.4) is 0 Å². The van der Waals surface area contributed by atoms with Crippen molar-refractivity contribution in [3.8, 4) is 40.2 Å². The number of rotatable bonds is 7. The van der Waals surface area contributed by atoms with E-state index in [-0.39, 0.29) is 17.9 Å². The van der Waals surface area contributed by atoms with Crippen molar-refractivity contribution in [3.63, 3.8) is 0 Å². The van der Waals surface area contributed by atoms with Gasteiger partial charge in [0, 0.05) is 0 Å². The Morgan fingerprint density at radius 2 is 1.52 bits per heavy atom. The number of hydrogen-bond acceptors (Lipinski definition) is 5. The average molecular weight is 437 g/mol. The van der Waals surface area contributed by atoms with Crippen molar-refractivity contribution in [2.75, 3.05) is 0 Å². The number of aromatic hydroxyl groups is 1. The molecular formula is C27H19NO5. The van der Waals surface area contributed by atoms with Gasteiger partial charge in [-0.15, -0.1) is 0 Å². The number of nitriles is 1. The highest BCUT2D eigenvalue weighted by Gasteiger charge is 2.11. The van der Waals surface area contributed by atoms with Gasteiger partial charge in [0.2, 0.25) is 0 Å². The summed E-state index contributed by atoms with van der Waals surface area (Å²) in [6.07, 6.45) is 0. The fraction of sp³-hybridized carbons (Fsp3) is 0.0370. The molecule has 0 radical (unpaired) electrons. The van der Waals surface area contributed by atoms with Gasteiger partial charge in [0.1, 0.15) is 35.2 Å². The van der Waals surface area contributed by atoms with Gasteiger partial charge in [-0.3, -0.25) is 0 Å². The Balaban J connectivity index is 1.48. The standard InChI is InChI=1S/C27H19NO5/c28-16-18-7-9-22(10-8-18)33-24-6-2-5-21(14-24)20-4-1-3-19(13-20)17-32-23-11-12-26(29)25(15-23)27(30)31/h1-15,29H,17H2,(H,30,31). The molecule has 0 aliphatic carbocycles. The first-order chi connectivity index (χ1) is 16.0. The Labute approximate surface area is 190 Å². The average Bonchev–Trinajstić information content (AvgIpc) is 2.84. The molecule has 0 saturated carbocycles. The second-order valence-corrected chi connectivity index (χ2v) is 7.24. The summed E-state index contributed by atoms with van der Waals surface area (Å²) in [7, 11) is 0. The summed E-state index contributed by atoms with van der Waals surface area (Å²) in [6.45, 7) is 0.235. The van der Waals surface area contributed by atoms with Gasteiger partial charge in [-0.25, -0.2) is 4.79 Å². The number of ether oxygens (including phenoxy) is 2. The van der Waals surface area contributed by atoms with Crippen LogP contribution in [0.5, 0.6) is 23.0 Å². The van der Waals surface area contributed by atoms with Gasteiger partial charge in [0.25, 0.3) is 0 Å². The molecule has 162 valence electrons. The topological polar surface area (TPSA) is 99.8 Å². The number of aromatic carboxylic acids is 1. The third-order valence-electron chi connectivity index (χ3n) is 4.92. The molecule has 0 heterocycles. The fourth-order valence-corrected chi connectivity index (χ4v) is 3.26. The second-order valence-electron chi connectivity index (χ2n) is 7.24. The molecule has 0 aliphatic rings. The van der Waals surface area contributed by atoms with Crippen LogP contribution in [0.4, 0.5) is 0 Å². The summed E-state index contributed by atoms with van der Waals surface area (Å²) >= 11 is 0. The molecule has 33 heavy (non-hydrogen) atoms.